The average molecular weight is 148 g/mol. The molecule has 1 aromatic rings. The summed E-state index contributed by atoms with van der Waals surface area (Å²) in [7, 11) is 0. The SMILES string of the molecule is C=C(CC)c1cccnc1N. The number of allylic oxidation sites excluding steroid dienone is 1. The predicted molar refractivity (Wildman–Crippen MR) is 48.0 cm³/mol. The van der Waals surface area contributed by atoms with Gasteiger partial charge in [0.25, 0.3) is 0 Å². The first-order chi connectivity index (χ1) is 5.25. The molecule has 0 atom stereocenters. The molecule has 1 heterocycles. The van der Waals surface area contributed by atoms with Gasteiger partial charge in [0.05, 0.1) is 0 Å². The second-order valence-electron chi connectivity index (χ2n) is 2.39. The van der Waals surface area contributed by atoms with Crippen molar-refractivity contribution in [1.82, 2.24) is 4.98 Å². The van der Waals surface area contributed by atoms with Gasteiger partial charge in [0.15, 0.2) is 0 Å². The van der Waals surface area contributed by atoms with E-state index in [1.54, 1.807) is 6.20 Å². The summed E-state index contributed by atoms with van der Waals surface area (Å²) in [6.07, 6.45) is 2.59. The number of nitrogens with two attached hydrogens (primary N) is 1. The fraction of sp³-hybridized carbons (Fsp3) is 0.222. The molecule has 0 aromatic carbocycles. The minimum atomic E-state index is 0.569. The Morgan fingerprint density at radius 2 is 2.45 bits per heavy atom. The summed E-state index contributed by atoms with van der Waals surface area (Å²) in [5.41, 5.74) is 7.63. The van der Waals surface area contributed by atoms with E-state index in [1.807, 2.05) is 12.1 Å². The van der Waals surface area contributed by atoms with Crippen LogP contribution in [0.5, 0.6) is 0 Å². The second-order valence-corrected chi connectivity index (χ2v) is 2.39. The zero-order valence-corrected chi connectivity index (χ0v) is 6.67. The predicted octanol–water partition coefficient (Wildman–Crippen LogP) is 2.09. The lowest BCUT2D eigenvalue weighted by Gasteiger charge is -2.03. The molecule has 0 fully saturated rings. The fourth-order valence-corrected chi connectivity index (χ4v) is 0.907. The maximum Gasteiger partial charge on any atom is 0.130 e. The lowest BCUT2D eigenvalue weighted by Crippen LogP contribution is -1.94. The summed E-state index contributed by atoms with van der Waals surface area (Å²) in [6.45, 7) is 5.93. The van der Waals surface area contributed by atoms with Gasteiger partial charge in [-0.15, -0.1) is 0 Å². The van der Waals surface area contributed by atoms with Crippen molar-refractivity contribution in [3.8, 4) is 0 Å². The molecule has 2 heteroatoms. The normalized spacial score (nSPS) is 9.55. The Hall–Kier alpha value is -1.31. The molecule has 58 valence electrons. The van der Waals surface area contributed by atoms with Crippen molar-refractivity contribution in [2.24, 2.45) is 0 Å². The maximum absolute atomic E-state index is 5.63. The molecule has 0 spiro atoms. The molecule has 0 bridgehead atoms. The summed E-state index contributed by atoms with van der Waals surface area (Å²) in [5.74, 6) is 0.569. The number of hydrogen-bond donors (Lipinski definition) is 1. The van der Waals surface area contributed by atoms with Crippen LogP contribution in [0.1, 0.15) is 18.9 Å². The molecule has 0 unspecified atom stereocenters. The van der Waals surface area contributed by atoms with E-state index in [1.165, 1.54) is 0 Å². The molecular formula is C9H12N2. The van der Waals surface area contributed by atoms with Gasteiger partial charge in [-0.3, -0.25) is 0 Å². The maximum atomic E-state index is 5.63. The first kappa shape index (κ1) is 7.79. The number of rotatable bonds is 2. The van der Waals surface area contributed by atoms with Crippen molar-refractivity contribution >= 4 is 11.4 Å². The molecule has 2 nitrogen and oxygen atoms in total. The molecule has 11 heavy (non-hydrogen) atoms. The third-order valence-electron chi connectivity index (χ3n) is 1.65. The molecule has 0 radical (unpaired) electrons. The van der Waals surface area contributed by atoms with E-state index in [2.05, 4.69) is 18.5 Å². The van der Waals surface area contributed by atoms with Gasteiger partial charge in [0.2, 0.25) is 0 Å². The van der Waals surface area contributed by atoms with E-state index in [-0.39, 0.29) is 0 Å². The number of anilines is 1. The molecule has 0 aliphatic rings. The molecule has 1 aromatic heterocycles. The lowest BCUT2D eigenvalue weighted by molar-refractivity contribution is 1.22. The molecule has 0 aliphatic carbocycles. The van der Waals surface area contributed by atoms with Crippen molar-refractivity contribution in [2.75, 3.05) is 5.73 Å². The molecule has 0 amide bonds. The van der Waals surface area contributed by atoms with Gasteiger partial charge in [-0.05, 0) is 24.1 Å². The molecule has 1 rings (SSSR count). The average Bonchev–Trinajstić information content (AvgIpc) is 2.04. The van der Waals surface area contributed by atoms with Crippen LogP contribution in [0, 0.1) is 0 Å². The van der Waals surface area contributed by atoms with Gasteiger partial charge >= 0.3 is 0 Å². The van der Waals surface area contributed by atoms with Gasteiger partial charge in [0, 0.05) is 11.8 Å². The van der Waals surface area contributed by atoms with Crippen LogP contribution in [0.4, 0.5) is 5.82 Å². The van der Waals surface area contributed by atoms with Gasteiger partial charge in [-0.25, -0.2) is 4.98 Å². The third-order valence-corrected chi connectivity index (χ3v) is 1.65. The quantitative estimate of drug-likeness (QED) is 0.697. The van der Waals surface area contributed by atoms with Gasteiger partial charge in [-0.1, -0.05) is 13.5 Å². The van der Waals surface area contributed by atoms with Crippen LogP contribution in [0.3, 0.4) is 0 Å². The van der Waals surface area contributed by atoms with E-state index in [0.717, 1.165) is 17.6 Å². The number of nitrogens with zero attached hydrogens (tertiary/aromatic N) is 1. The monoisotopic (exact) mass is 148 g/mol. The first-order valence-corrected chi connectivity index (χ1v) is 3.64. The van der Waals surface area contributed by atoms with E-state index < -0.39 is 0 Å². The highest BCUT2D eigenvalue weighted by atomic mass is 14.8. The number of nitrogen functional groups attached to an aromatic ring is 1. The van der Waals surface area contributed by atoms with Crippen LogP contribution in [0.25, 0.3) is 5.57 Å². The van der Waals surface area contributed by atoms with Crippen LogP contribution in [-0.2, 0) is 0 Å². The smallest absolute Gasteiger partial charge is 0.130 e. The van der Waals surface area contributed by atoms with Crippen molar-refractivity contribution in [3.63, 3.8) is 0 Å². The molecule has 0 saturated heterocycles. The lowest BCUT2D eigenvalue weighted by atomic mass is 10.1. The Balaban J connectivity index is 3.03. The zero-order chi connectivity index (χ0) is 8.27. The molecule has 0 saturated carbocycles. The van der Waals surface area contributed by atoms with Gasteiger partial charge < -0.3 is 5.73 Å². The minimum Gasteiger partial charge on any atom is -0.383 e. The largest absolute Gasteiger partial charge is 0.383 e. The zero-order valence-electron chi connectivity index (χ0n) is 6.67. The van der Waals surface area contributed by atoms with Gasteiger partial charge in [0.1, 0.15) is 5.82 Å². The van der Waals surface area contributed by atoms with E-state index >= 15 is 0 Å². The highest BCUT2D eigenvalue weighted by Gasteiger charge is 1.99. The van der Waals surface area contributed by atoms with Crippen LogP contribution >= 0.6 is 0 Å². The molecule has 2 N–H and O–H groups in total. The van der Waals surface area contributed by atoms with Crippen molar-refractivity contribution in [2.45, 2.75) is 13.3 Å². The van der Waals surface area contributed by atoms with Crippen molar-refractivity contribution < 1.29 is 0 Å². The summed E-state index contributed by atoms with van der Waals surface area (Å²) < 4.78 is 0. The highest BCUT2D eigenvalue weighted by Crippen LogP contribution is 2.19. The van der Waals surface area contributed by atoms with E-state index in [4.69, 9.17) is 5.73 Å². The Kier molecular flexibility index (Phi) is 2.26. The van der Waals surface area contributed by atoms with Crippen LogP contribution < -0.4 is 5.73 Å². The Bertz CT molecular complexity index is 266. The number of pyridine rings is 1. The van der Waals surface area contributed by atoms with E-state index in [9.17, 15) is 0 Å². The van der Waals surface area contributed by atoms with Crippen molar-refractivity contribution in [3.05, 3.63) is 30.5 Å². The Morgan fingerprint density at radius 3 is 3.00 bits per heavy atom. The Labute approximate surface area is 66.8 Å². The number of aromatic nitrogens is 1. The second kappa shape index (κ2) is 3.19. The van der Waals surface area contributed by atoms with Gasteiger partial charge in [-0.2, -0.15) is 0 Å². The fourth-order valence-electron chi connectivity index (χ4n) is 0.907. The topological polar surface area (TPSA) is 38.9 Å². The van der Waals surface area contributed by atoms with Crippen LogP contribution in [-0.4, -0.2) is 4.98 Å². The molecule has 0 aliphatic heterocycles. The van der Waals surface area contributed by atoms with E-state index in [0.29, 0.717) is 5.82 Å². The Morgan fingerprint density at radius 1 is 1.73 bits per heavy atom. The summed E-state index contributed by atoms with van der Waals surface area (Å²) in [5, 5.41) is 0. The summed E-state index contributed by atoms with van der Waals surface area (Å²) in [6, 6.07) is 3.81. The first-order valence-electron chi connectivity index (χ1n) is 3.64. The number of hydrogen-bond acceptors (Lipinski definition) is 2. The standard InChI is InChI=1S/C9H12N2/c1-3-7(2)8-5-4-6-11-9(8)10/h4-6H,2-3H2,1H3,(H2,10,11). The highest BCUT2D eigenvalue weighted by molar-refractivity contribution is 5.70. The van der Waals surface area contributed by atoms with Crippen LogP contribution in [0.15, 0.2) is 24.9 Å². The summed E-state index contributed by atoms with van der Waals surface area (Å²) >= 11 is 0. The van der Waals surface area contributed by atoms with Crippen LogP contribution in [0.2, 0.25) is 0 Å². The molecular weight excluding hydrogens is 136 g/mol. The third kappa shape index (κ3) is 1.58. The van der Waals surface area contributed by atoms with Crippen molar-refractivity contribution in [1.29, 1.82) is 0 Å². The summed E-state index contributed by atoms with van der Waals surface area (Å²) in [4.78, 5) is 3.97. The minimum absolute atomic E-state index is 0.569.